The van der Waals surface area contributed by atoms with Gasteiger partial charge < -0.3 is 4.90 Å². The van der Waals surface area contributed by atoms with Crippen LogP contribution in [0.1, 0.15) is 20.3 Å². The first-order valence-corrected chi connectivity index (χ1v) is 7.04. The number of hydrogen-bond donors (Lipinski definition) is 0. The first-order chi connectivity index (χ1) is 9.11. The van der Waals surface area contributed by atoms with Gasteiger partial charge in [0, 0.05) is 31.9 Å². The molecule has 0 radical (unpaired) electrons. The van der Waals surface area contributed by atoms with Crippen LogP contribution >= 0.6 is 0 Å². The lowest BCUT2D eigenvalue weighted by molar-refractivity contribution is 0.230. The number of nitrogens with zero attached hydrogens (tertiary/aromatic N) is 3. The van der Waals surface area contributed by atoms with Crippen molar-refractivity contribution in [2.75, 3.05) is 37.6 Å². The molecule has 1 aromatic carbocycles. The lowest BCUT2D eigenvalue weighted by atomic mass is 9.91. The molecule has 0 atom stereocenters. The highest BCUT2D eigenvalue weighted by molar-refractivity contribution is 5.46. The highest BCUT2D eigenvalue weighted by Gasteiger charge is 2.21. The third-order valence-corrected chi connectivity index (χ3v) is 3.85. The number of hydrogen-bond acceptors (Lipinski definition) is 3. The molecule has 3 heteroatoms. The predicted molar refractivity (Wildman–Crippen MR) is 79.1 cm³/mol. The van der Waals surface area contributed by atoms with Crippen molar-refractivity contribution in [2.45, 2.75) is 20.3 Å². The van der Waals surface area contributed by atoms with E-state index in [1.165, 1.54) is 5.69 Å². The molecule has 0 unspecified atom stereocenters. The summed E-state index contributed by atoms with van der Waals surface area (Å²) in [5, 5.41) is 9.04. The van der Waals surface area contributed by atoms with Gasteiger partial charge in [-0.3, -0.25) is 4.90 Å². The molecule has 0 amide bonds. The first kappa shape index (κ1) is 13.9. The zero-order valence-electron chi connectivity index (χ0n) is 12.0. The van der Waals surface area contributed by atoms with E-state index in [1.54, 1.807) is 0 Å². The van der Waals surface area contributed by atoms with E-state index >= 15 is 0 Å². The molecule has 1 aliphatic heterocycles. The maximum absolute atomic E-state index is 9.04. The minimum absolute atomic E-state index is 0.198. The second kappa shape index (κ2) is 6.08. The Kier molecular flexibility index (Phi) is 4.44. The largest absolute Gasteiger partial charge is 0.369 e. The van der Waals surface area contributed by atoms with Gasteiger partial charge in [0.15, 0.2) is 0 Å². The first-order valence-electron chi connectivity index (χ1n) is 7.04. The number of rotatable bonds is 4. The number of anilines is 1. The second-order valence-electron chi connectivity index (χ2n) is 5.91. The van der Waals surface area contributed by atoms with Crippen LogP contribution in [-0.4, -0.2) is 37.6 Å². The van der Waals surface area contributed by atoms with Crippen LogP contribution in [0.15, 0.2) is 30.3 Å². The quantitative estimate of drug-likeness (QED) is 0.831. The molecule has 1 saturated heterocycles. The number of benzene rings is 1. The van der Waals surface area contributed by atoms with E-state index in [0.29, 0.717) is 0 Å². The highest BCUT2D eigenvalue weighted by Crippen LogP contribution is 2.20. The molecular formula is C16H23N3. The molecule has 0 N–H and O–H groups in total. The average Bonchev–Trinajstić information content (AvgIpc) is 2.47. The summed E-state index contributed by atoms with van der Waals surface area (Å²) >= 11 is 0. The molecule has 102 valence electrons. The van der Waals surface area contributed by atoms with Gasteiger partial charge in [0.05, 0.1) is 11.5 Å². The SMILES string of the molecule is CC(C)(C#N)CCN1CCN(c2ccccc2)CC1. The molecule has 19 heavy (non-hydrogen) atoms. The summed E-state index contributed by atoms with van der Waals surface area (Å²) in [4.78, 5) is 4.91. The van der Waals surface area contributed by atoms with Crippen LogP contribution in [0, 0.1) is 16.7 Å². The lowest BCUT2D eigenvalue weighted by Crippen LogP contribution is -2.47. The fourth-order valence-corrected chi connectivity index (χ4v) is 2.36. The van der Waals surface area contributed by atoms with Crippen LogP contribution in [0.5, 0.6) is 0 Å². The highest BCUT2D eigenvalue weighted by atomic mass is 15.3. The molecular weight excluding hydrogens is 234 g/mol. The average molecular weight is 257 g/mol. The van der Waals surface area contributed by atoms with Crippen molar-refractivity contribution in [1.29, 1.82) is 5.26 Å². The molecule has 1 heterocycles. The van der Waals surface area contributed by atoms with E-state index in [4.69, 9.17) is 5.26 Å². The Morgan fingerprint density at radius 1 is 1.11 bits per heavy atom. The van der Waals surface area contributed by atoms with Crippen LogP contribution in [0.2, 0.25) is 0 Å². The van der Waals surface area contributed by atoms with Crippen LogP contribution in [0.3, 0.4) is 0 Å². The van der Waals surface area contributed by atoms with E-state index in [0.717, 1.165) is 39.1 Å². The van der Waals surface area contributed by atoms with Crippen LogP contribution in [0.4, 0.5) is 5.69 Å². The van der Waals surface area contributed by atoms with Gasteiger partial charge in [0.25, 0.3) is 0 Å². The van der Waals surface area contributed by atoms with Crippen molar-refractivity contribution in [3.63, 3.8) is 0 Å². The Hall–Kier alpha value is -1.53. The fourth-order valence-electron chi connectivity index (χ4n) is 2.36. The summed E-state index contributed by atoms with van der Waals surface area (Å²) in [6.45, 7) is 9.42. The molecule has 0 spiro atoms. The lowest BCUT2D eigenvalue weighted by Gasteiger charge is -2.36. The Labute approximate surface area is 116 Å². The van der Waals surface area contributed by atoms with Gasteiger partial charge in [-0.05, 0) is 38.9 Å². The van der Waals surface area contributed by atoms with Gasteiger partial charge in [-0.2, -0.15) is 5.26 Å². The van der Waals surface area contributed by atoms with E-state index < -0.39 is 0 Å². The topological polar surface area (TPSA) is 30.3 Å². The fraction of sp³-hybridized carbons (Fsp3) is 0.562. The van der Waals surface area contributed by atoms with Gasteiger partial charge in [-0.1, -0.05) is 18.2 Å². The summed E-state index contributed by atoms with van der Waals surface area (Å²) in [6, 6.07) is 13.0. The van der Waals surface area contributed by atoms with E-state index in [2.05, 4.69) is 46.2 Å². The molecule has 0 aliphatic carbocycles. The van der Waals surface area contributed by atoms with Gasteiger partial charge in [0.1, 0.15) is 0 Å². The Morgan fingerprint density at radius 2 is 1.74 bits per heavy atom. The molecule has 1 aromatic rings. The van der Waals surface area contributed by atoms with E-state index in [-0.39, 0.29) is 5.41 Å². The summed E-state index contributed by atoms with van der Waals surface area (Å²) in [5.74, 6) is 0. The second-order valence-corrected chi connectivity index (χ2v) is 5.91. The zero-order chi connectivity index (χ0) is 13.7. The van der Waals surface area contributed by atoms with Crippen molar-refractivity contribution in [3.8, 4) is 6.07 Å². The summed E-state index contributed by atoms with van der Waals surface area (Å²) < 4.78 is 0. The van der Waals surface area contributed by atoms with E-state index in [9.17, 15) is 0 Å². The minimum atomic E-state index is -0.198. The van der Waals surface area contributed by atoms with Crippen molar-refractivity contribution in [3.05, 3.63) is 30.3 Å². The van der Waals surface area contributed by atoms with Gasteiger partial charge >= 0.3 is 0 Å². The maximum Gasteiger partial charge on any atom is 0.0684 e. The van der Waals surface area contributed by atoms with E-state index in [1.807, 2.05) is 13.8 Å². The molecule has 1 fully saturated rings. The minimum Gasteiger partial charge on any atom is -0.369 e. The third kappa shape index (κ3) is 3.97. The van der Waals surface area contributed by atoms with Crippen LogP contribution < -0.4 is 4.90 Å². The molecule has 2 rings (SSSR count). The van der Waals surface area contributed by atoms with Crippen LogP contribution in [0.25, 0.3) is 0 Å². The van der Waals surface area contributed by atoms with Gasteiger partial charge in [-0.15, -0.1) is 0 Å². The molecule has 0 aromatic heterocycles. The molecule has 3 nitrogen and oxygen atoms in total. The summed E-state index contributed by atoms with van der Waals surface area (Å²) in [7, 11) is 0. The zero-order valence-corrected chi connectivity index (χ0v) is 12.0. The predicted octanol–water partition coefficient (Wildman–Crippen LogP) is 2.75. The van der Waals surface area contributed by atoms with Crippen molar-refractivity contribution < 1.29 is 0 Å². The van der Waals surface area contributed by atoms with Crippen molar-refractivity contribution >= 4 is 5.69 Å². The number of nitriles is 1. The Balaban J connectivity index is 1.79. The monoisotopic (exact) mass is 257 g/mol. The molecule has 1 aliphatic rings. The third-order valence-electron chi connectivity index (χ3n) is 3.85. The summed E-state index contributed by atoms with van der Waals surface area (Å²) in [6.07, 6.45) is 0.953. The van der Waals surface area contributed by atoms with Gasteiger partial charge in [0.2, 0.25) is 0 Å². The number of para-hydroxylation sites is 1. The van der Waals surface area contributed by atoms with Gasteiger partial charge in [-0.25, -0.2) is 0 Å². The molecule has 0 saturated carbocycles. The van der Waals surface area contributed by atoms with Crippen molar-refractivity contribution in [1.82, 2.24) is 4.90 Å². The Bertz CT molecular complexity index is 425. The Morgan fingerprint density at radius 3 is 2.32 bits per heavy atom. The molecule has 0 bridgehead atoms. The van der Waals surface area contributed by atoms with Crippen LogP contribution in [-0.2, 0) is 0 Å². The summed E-state index contributed by atoms with van der Waals surface area (Å²) in [5.41, 5.74) is 1.12. The van der Waals surface area contributed by atoms with Crippen molar-refractivity contribution in [2.24, 2.45) is 5.41 Å². The standard InChI is InChI=1S/C16H23N3/c1-16(2,14-17)8-9-18-10-12-19(13-11-18)15-6-4-3-5-7-15/h3-7H,8-13H2,1-2H3. The number of piperazine rings is 1. The smallest absolute Gasteiger partial charge is 0.0684 e. The normalized spacial score (nSPS) is 17.2. The maximum atomic E-state index is 9.04.